The van der Waals surface area contributed by atoms with E-state index in [4.69, 9.17) is 20.6 Å². The number of nitrogens with zero attached hydrogens (tertiary/aromatic N) is 2. The fourth-order valence-electron chi connectivity index (χ4n) is 4.08. The fourth-order valence-corrected chi connectivity index (χ4v) is 4.08. The lowest BCUT2D eigenvalue weighted by Crippen LogP contribution is -2.40. The number of anilines is 2. The number of benzene rings is 2. The average Bonchev–Trinajstić information content (AvgIpc) is 2.85. The molecule has 1 amide bonds. The van der Waals surface area contributed by atoms with Crippen molar-refractivity contribution in [3.63, 3.8) is 0 Å². The van der Waals surface area contributed by atoms with Crippen LogP contribution in [0.5, 0.6) is 11.5 Å². The van der Waals surface area contributed by atoms with E-state index in [1.54, 1.807) is 14.0 Å². The number of hydrogen-bond acceptors (Lipinski definition) is 7. The van der Waals surface area contributed by atoms with Gasteiger partial charge in [0.2, 0.25) is 0 Å². The Labute approximate surface area is 199 Å². The molecule has 34 heavy (non-hydrogen) atoms. The molecule has 1 aliphatic rings. The minimum atomic E-state index is -0.365. The van der Waals surface area contributed by atoms with Gasteiger partial charge < -0.3 is 24.8 Å². The van der Waals surface area contributed by atoms with Gasteiger partial charge in [0.05, 0.1) is 25.3 Å². The van der Waals surface area contributed by atoms with Crippen LogP contribution in [-0.2, 0) is 4.74 Å². The highest BCUT2D eigenvalue weighted by Gasteiger charge is 2.25. The van der Waals surface area contributed by atoms with E-state index in [0.29, 0.717) is 23.9 Å². The summed E-state index contributed by atoms with van der Waals surface area (Å²) < 4.78 is 16.9. The zero-order chi connectivity index (χ0) is 23.9. The minimum Gasteiger partial charge on any atom is -0.493 e. The molecule has 1 aliphatic carbocycles. The average molecular weight is 461 g/mol. The first-order valence-electron chi connectivity index (χ1n) is 11.4. The Balaban J connectivity index is 1.52. The molecule has 1 heterocycles. The van der Waals surface area contributed by atoms with Gasteiger partial charge in [-0.2, -0.15) is 0 Å². The third kappa shape index (κ3) is 5.49. The first kappa shape index (κ1) is 23.2. The van der Waals surface area contributed by atoms with Gasteiger partial charge >= 0.3 is 6.09 Å². The van der Waals surface area contributed by atoms with Crippen LogP contribution in [0.3, 0.4) is 0 Å². The molecule has 0 unspecified atom stereocenters. The number of carbonyl (C=O) groups excluding carboxylic acids is 1. The highest BCUT2D eigenvalue weighted by Crippen LogP contribution is 2.37. The standard InChI is InChI=1S/C26H28N4O4/c1-4-17-7-6-8-19(13-17)29-25-21-14-24(23(32-3)15-22(21)27-16-28-25)34-20-11-9-18(10-12-20)30-26(31)33-5-2/h1,6-8,13-16,18,20H,5,9-12H2,2-3H3,(H,30,31)(H,27,28,29). The second-order valence-corrected chi connectivity index (χ2v) is 8.05. The van der Waals surface area contributed by atoms with Gasteiger partial charge in [-0.25, -0.2) is 14.8 Å². The number of fused-ring (bicyclic) bond motifs is 1. The van der Waals surface area contributed by atoms with Crippen molar-refractivity contribution in [2.24, 2.45) is 0 Å². The lowest BCUT2D eigenvalue weighted by molar-refractivity contribution is 0.120. The van der Waals surface area contributed by atoms with E-state index in [1.165, 1.54) is 6.33 Å². The predicted octanol–water partition coefficient (Wildman–Crippen LogP) is 4.80. The summed E-state index contributed by atoms with van der Waals surface area (Å²) in [5.74, 6) is 4.53. The Bertz CT molecular complexity index is 1200. The van der Waals surface area contributed by atoms with E-state index in [9.17, 15) is 4.79 Å². The second kappa shape index (κ2) is 10.8. The van der Waals surface area contributed by atoms with E-state index in [-0.39, 0.29) is 18.2 Å². The third-order valence-corrected chi connectivity index (χ3v) is 5.78. The fraction of sp³-hybridized carbons (Fsp3) is 0.346. The number of alkyl carbamates (subject to hydrolysis) is 1. The molecule has 8 nitrogen and oxygen atoms in total. The van der Waals surface area contributed by atoms with Crippen molar-refractivity contribution in [3.8, 4) is 23.8 Å². The van der Waals surface area contributed by atoms with Crippen molar-refractivity contribution < 1.29 is 19.0 Å². The van der Waals surface area contributed by atoms with Gasteiger partial charge in [0.15, 0.2) is 11.5 Å². The minimum absolute atomic E-state index is 0.0138. The Morgan fingerprint density at radius 2 is 1.97 bits per heavy atom. The van der Waals surface area contributed by atoms with Crippen LogP contribution < -0.4 is 20.1 Å². The Kier molecular flexibility index (Phi) is 7.33. The Hall–Kier alpha value is -3.99. The first-order valence-corrected chi connectivity index (χ1v) is 11.4. The van der Waals surface area contributed by atoms with Gasteiger partial charge in [0, 0.05) is 28.7 Å². The number of ether oxygens (including phenoxy) is 3. The van der Waals surface area contributed by atoms with Gasteiger partial charge in [0.25, 0.3) is 0 Å². The summed E-state index contributed by atoms with van der Waals surface area (Å²) in [4.78, 5) is 20.5. The normalized spacial score (nSPS) is 17.4. The van der Waals surface area contributed by atoms with Gasteiger partial charge in [-0.15, -0.1) is 6.42 Å². The molecule has 8 heteroatoms. The topological polar surface area (TPSA) is 94.6 Å². The predicted molar refractivity (Wildman–Crippen MR) is 131 cm³/mol. The molecule has 0 radical (unpaired) electrons. The SMILES string of the molecule is C#Cc1cccc(Nc2ncnc3cc(OC)c(OC4CCC(NC(=O)OCC)CC4)cc23)c1. The summed E-state index contributed by atoms with van der Waals surface area (Å²) >= 11 is 0. The Morgan fingerprint density at radius 1 is 1.15 bits per heavy atom. The summed E-state index contributed by atoms with van der Waals surface area (Å²) in [6.45, 7) is 2.16. The number of methoxy groups -OCH3 is 1. The van der Waals surface area contributed by atoms with Crippen molar-refractivity contribution in [2.45, 2.75) is 44.8 Å². The van der Waals surface area contributed by atoms with E-state index >= 15 is 0 Å². The van der Waals surface area contributed by atoms with Gasteiger partial charge in [0.1, 0.15) is 12.1 Å². The molecule has 1 aromatic heterocycles. The zero-order valence-corrected chi connectivity index (χ0v) is 19.3. The highest BCUT2D eigenvalue weighted by atomic mass is 16.5. The number of aromatic nitrogens is 2. The summed E-state index contributed by atoms with van der Waals surface area (Å²) in [6, 6.07) is 11.4. The van der Waals surface area contributed by atoms with Crippen LogP contribution in [0.15, 0.2) is 42.7 Å². The summed E-state index contributed by atoms with van der Waals surface area (Å²) in [5, 5.41) is 7.05. The number of amides is 1. The highest BCUT2D eigenvalue weighted by molar-refractivity contribution is 5.93. The smallest absolute Gasteiger partial charge is 0.407 e. The molecular weight excluding hydrogens is 432 g/mol. The number of nitrogens with one attached hydrogen (secondary N) is 2. The van der Waals surface area contributed by atoms with Crippen LogP contribution >= 0.6 is 0 Å². The molecule has 0 atom stereocenters. The van der Waals surface area contributed by atoms with Crippen molar-refractivity contribution in [1.29, 1.82) is 0 Å². The molecule has 4 rings (SSSR count). The van der Waals surface area contributed by atoms with Crippen LogP contribution in [0.1, 0.15) is 38.2 Å². The quantitative estimate of drug-likeness (QED) is 0.489. The molecule has 1 fully saturated rings. The van der Waals surface area contributed by atoms with Crippen LogP contribution in [0, 0.1) is 12.3 Å². The third-order valence-electron chi connectivity index (χ3n) is 5.78. The van der Waals surface area contributed by atoms with Crippen LogP contribution in [0.25, 0.3) is 10.9 Å². The zero-order valence-electron chi connectivity index (χ0n) is 19.3. The molecule has 0 saturated heterocycles. The summed E-state index contributed by atoms with van der Waals surface area (Å²) in [7, 11) is 1.61. The second-order valence-electron chi connectivity index (χ2n) is 8.05. The molecule has 0 bridgehead atoms. The monoisotopic (exact) mass is 460 g/mol. The van der Waals surface area contributed by atoms with E-state index in [0.717, 1.165) is 47.8 Å². The van der Waals surface area contributed by atoms with Gasteiger partial charge in [-0.1, -0.05) is 12.0 Å². The molecular formula is C26H28N4O4. The lowest BCUT2D eigenvalue weighted by Gasteiger charge is -2.29. The van der Waals surface area contributed by atoms with Crippen molar-refractivity contribution in [3.05, 3.63) is 48.3 Å². The van der Waals surface area contributed by atoms with E-state index in [1.807, 2.05) is 36.4 Å². The van der Waals surface area contributed by atoms with Gasteiger partial charge in [-0.3, -0.25) is 0 Å². The van der Waals surface area contributed by atoms with Crippen molar-refractivity contribution in [2.75, 3.05) is 19.0 Å². The lowest BCUT2D eigenvalue weighted by atomic mass is 9.93. The summed E-state index contributed by atoms with van der Waals surface area (Å²) in [6.07, 6.45) is 9.95. The molecule has 0 spiro atoms. The molecule has 1 saturated carbocycles. The maximum atomic E-state index is 11.7. The molecule has 0 aliphatic heterocycles. The van der Waals surface area contributed by atoms with Crippen LogP contribution in [0.4, 0.5) is 16.3 Å². The van der Waals surface area contributed by atoms with Crippen molar-refractivity contribution >= 4 is 28.5 Å². The largest absolute Gasteiger partial charge is 0.493 e. The first-order chi connectivity index (χ1) is 16.6. The maximum absolute atomic E-state index is 11.7. The molecule has 3 aromatic rings. The number of rotatable bonds is 7. The van der Waals surface area contributed by atoms with Crippen LogP contribution in [-0.4, -0.2) is 41.9 Å². The van der Waals surface area contributed by atoms with E-state index < -0.39 is 0 Å². The van der Waals surface area contributed by atoms with E-state index in [2.05, 4.69) is 26.5 Å². The number of carbonyl (C=O) groups is 1. The molecule has 2 aromatic carbocycles. The maximum Gasteiger partial charge on any atom is 0.407 e. The van der Waals surface area contributed by atoms with Crippen molar-refractivity contribution in [1.82, 2.24) is 15.3 Å². The molecule has 2 N–H and O–H groups in total. The number of hydrogen-bond donors (Lipinski definition) is 2. The Morgan fingerprint density at radius 3 is 2.71 bits per heavy atom. The van der Waals surface area contributed by atoms with Gasteiger partial charge in [-0.05, 0) is 56.9 Å². The molecule has 176 valence electrons. The number of terminal acetylenes is 1. The summed E-state index contributed by atoms with van der Waals surface area (Å²) in [5.41, 5.74) is 2.35. The van der Waals surface area contributed by atoms with Crippen LogP contribution in [0.2, 0.25) is 0 Å².